The Morgan fingerprint density at radius 1 is 1.10 bits per heavy atom. The van der Waals surface area contributed by atoms with E-state index >= 15 is 0 Å². The van der Waals surface area contributed by atoms with E-state index in [0.717, 1.165) is 16.7 Å². The van der Waals surface area contributed by atoms with Gasteiger partial charge in [0.05, 0.1) is 17.9 Å². The normalized spacial score (nSPS) is 15.2. The summed E-state index contributed by atoms with van der Waals surface area (Å²) in [6.07, 6.45) is 1.91. The standard InChI is InChI=1S/C24H21N3O3/c1-26(15-18-10-8-17(14-25)9-11-18)23(28)21-13-19-5-2-3-6-20(19)16-27(21)24(29)22-7-4-12-30-22/h2-12,21H,13,15-16H2,1H3. The molecule has 1 atom stereocenters. The molecule has 6 nitrogen and oxygen atoms in total. The summed E-state index contributed by atoms with van der Waals surface area (Å²) < 4.78 is 5.30. The molecule has 6 heteroatoms. The zero-order valence-corrected chi connectivity index (χ0v) is 16.6. The first-order valence-electron chi connectivity index (χ1n) is 9.72. The number of amides is 2. The highest BCUT2D eigenvalue weighted by molar-refractivity contribution is 5.96. The molecule has 1 aliphatic heterocycles. The molecule has 2 heterocycles. The lowest BCUT2D eigenvalue weighted by Gasteiger charge is -2.37. The third-order valence-electron chi connectivity index (χ3n) is 5.41. The van der Waals surface area contributed by atoms with Crippen molar-refractivity contribution in [1.29, 1.82) is 5.26 Å². The molecule has 150 valence electrons. The van der Waals surface area contributed by atoms with Crippen LogP contribution in [0.2, 0.25) is 0 Å². The Labute approximate surface area is 174 Å². The van der Waals surface area contributed by atoms with Crippen LogP contribution < -0.4 is 0 Å². The van der Waals surface area contributed by atoms with E-state index in [0.29, 0.717) is 25.1 Å². The smallest absolute Gasteiger partial charge is 0.290 e. The van der Waals surface area contributed by atoms with Crippen molar-refractivity contribution in [3.05, 3.63) is 94.9 Å². The van der Waals surface area contributed by atoms with Crippen molar-refractivity contribution in [1.82, 2.24) is 9.80 Å². The fourth-order valence-electron chi connectivity index (χ4n) is 3.79. The van der Waals surface area contributed by atoms with E-state index in [1.54, 1.807) is 41.1 Å². The number of carbonyl (C=O) groups excluding carboxylic acids is 2. The average Bonchev–Trinajstić information content (AvgIpc) is 3.32. The maximum absolute atomic E-state index is 13.4. The molecule has 0 spiro atoms. The van der Waals surface area contributed by atoms with Crippen LogP contribution in [-0.2, 0) is 24.3 Å². The lowest BCUT2D eigenvalue weighted by molar-refractivity contribution is -0.135. The van der Waals surface area contributed by atoms with E-state index in [9.17, 15) is 9.59 Å². The number of fused-ring (bicyclic) bond motifs is 1. The quantitative estimate of drug-likeness (QED) is 0.674. The SMILES string of the molecule is CN(Cc1ccc(C#N)cc1)C(=O)C1Cc2ccccc2CN1C(=O)c1ccco1. The minimum absolute atomic E-state index is 0.131. The van der Waals surface area contributed by atoms with Gasteiger partial charge in [-0.25, -0.2) is 0 Å². The van der Waals surface area contributed by atoms with Crippen LogP contribution in [0.15, 0.2) is 71.3 Å². The van der Waals surface area contributed by atoms with Gasteiger partial charge in [-0.1, -0.05) is 36.4 Å². The van der Waals surface area contributed by atoms with Gasteiger partial charge in [-0.15, -0.1) is 0 Å². The van der Waals surface area contributed by atoms with E-state index in [1.807, 2.05) is 36.4 Å². The Morgan fingerprint density at radius 2 is 1.83 bits per heavy atom. The van der Waals surface area contributed by atoms with E-state index < -0.39 is 6.04 Å². The Morgan fingerprint density at radius 3 is 2.50 bits per heavy atom. The first-order chi connectivity index (χ1) is 14.6. The number of carbonyl (C=O) groups is 2. The molecule has 4 rings (SSSR count). The summed E-state index contributed by atoms with van der Waals surface area (Å²) in [6.45, 7) is 0.752. The van der Waals surface area contributed by atoms with Gasteiger partial charge in [0.25, 0.3) is 5.91 Å². The van der Waals surface area contributed by atoms with Crippen LogP contribution in [0.1, 0.15) is 32.8 Å². The predicted octanol–water partition coefficient (Wildman–Crippen LogP) is 3.38. The summed E-state index contributed by atoms with van der Waals surface area (Å²) >= 11 is 0. The lowest BCUT2D eigenvalue weighted by Crippen LogP contribution is -2.52. The highest BCUT2D eigenvalue weighted by Gasteiger charge is 2.37. The van der Waals surface area contributed by atoms with E-state index in [4.69, 9.17) is 9.68 Å². The van der Waals surface area contributed by atoms with Crippen LogP contribution in [0.4, 0.5) is 0 Å². The second kappa shape index (κ2) is 8.26. The van der Waals surface area contributed by atoms with Crippen LogP contribution in [0.25, 0.3) is 0 Å². The van der Waals surface area contributed by atoms with Crippen molar-refractivity contribution in [3.63, 3.8) is 0 Å². The molecule has 0 N–H and O–H groups in total. The Hall–Kier alpha value is -3.85. The van der Waals surface area contributed by atoms with Gasteiger partial charge in [0.1, 0.15) is 6.04 Å². The lowest BCUT2D eigenvalue weighted by atomic mass is 9.93. The first-order valence-corrected chi connectivity index (χ1v) is 9.72. The number of likely N-dealkylation sites (N-methyl/N-ethyl adjacent to an activating group) is 1. The molecule has 2 aromatic carbocycles. The van der Waals surface area contributed by atoms with Crippen LogP contribution in [0.5, 0.6) is 0 Å². The molecule has 0 saturated heterocycles. The van der Waals surface area contributed by atoms with Crippen molar-refractivity contribution in [3.8, 4) is 6.07 Å². The number of rotatable bonds is 4. The van der Waals surface area contributed by atoms with Gasteiger partial charge in [0.15, 0.2) is 5.76 Å². The maximum atomic E-state index is 13.4. The molecule has 30 heavy (non-hydrogen) atoms. The molecule has 1 aliphatic rings. The molecule has 3 aromatic rings. The number of benzene rings is 2. The fraction of sp³-hybridized carbons (Fsp3) is 0.208. The van der Waals surface area contributed by atoms with Gasteiger partial charge in [0, 0.05) is 26.6 Å². The van der Waals surface area contributed by atoms with Gasteiger partial charge in [-0.3, -0.25) is 9.59 Å². The van der Waals surface area contributed by atoms with Gasteiger partial charge in [-0.05, 0) is 41.0 Å². The minimum Gasteiger partial charge on any atom is -0.459 e. The highest BCUT2D eigenvalue weighted by Crippen LogP contribution is 2.26. The van der Waals surface area contributed by atoms with Crippen LogP contribution in [0.3, 0.4) is 0 Å². The molecule has 0 saturated carbocycles. The molecular weight excluding hydrogens is 378 g/mol. The number of hydrogen-bond acceptors (Lipinski definition) is 4. The molecule has 0 aliphatic carbocycles. The Kier molecular flexibility index (Phi) is 5.36. The summed E-state index contributed by atoms with van der Waals surface area (Å²) in [6, 6.07) is 19.8. The largest absolute Gasteiger partial charge is 0.459 e. The number of nitrogens with zero attached hydrogens (tertiary/aromatic N) is 3. The number of furan rings is 1. The van der Waals surface area contributed by atoms with Gasteiger partial charge >= 0.3 is 0 Å². The van der Waals surface area contributed by atoms with E-state index in [2.05, 4.69) is 6.07 Å². The molecule has 2 amide bonds. The van der Waals surface area contributed by atoms with Crippen molar-refractivity contribution in [2.45, 2.75) is 25.6 Å². The fourth-order valence-corrected chi connectivity index (χ4v) is 3.79. The second-order valence-corrected chi connectivity index (χ2v) is 7.40. The van der Waals surface area contributed by atoms with Crippen LogP contribution >= 0.6 is 0 Å². The zero-order chi connectivity index (χ0) is 21.1. The maximum Gasteiger partial charge on any atom is 0.290 e. The predicted molar refractivity (Wildman–Crippen MR) is 110 cm³/mol. The van der Waals surface area contributed by atoms with E-state index in [1.165, 1.54) is 6.26 Å². The third kappa shape index (κ3) is 3.83. The Balaban J connectivity index is 1.58. The van der Waals surface area contributed by atoms with Gasteiger partial charge in [-0.2, -0.15) is 5.26 Å². The monoisotopic (exact) mass is 399 g/mol. The molecule has 1 unspecified atom stereocenters. The highest BCUT2D eigenvalue weighted by atomic mass is 16.3. The van der Waals surface area contributed by atoms with Crippen molar-refractivity contribution < 1.29 is 14.0 Å². The summed E-state index contributed by atoms with van der Waals surface area (Å²) in [7, 11) is 1.73. The average molecular weight is 399 g/mol. The summed E-state index contributed by atoms with van der Waals surface area (Å²) in [5.41, 5.74) is 3.61. The van der Waals surface area contributed by atoms with Crippen molar-refractivity contribution >= 4 is 11.8 Å². The summed E-state index contributed by atoms with van der Waals surface area (Å²) in [5, 5.41) is 8.95. The molecular formula is C24H21N3O3. The van der Waals surface area contributed by atoms with Crippen LogP contribution in [0, 0.1) is 11.3 Å². The minimum atomic E-state index is -0.610. The number of hydrogen-bond donors (Lipinski definition) is 0. The second-order valence-electron chi connectivity index (χ2n) is 7.40. The molecule has 1 aromatic heterocycles. The molecule has 0 bridgehead atoms. The number of nitriles is 1. The van der Waals surface area contributed by atoms with Gasteiger partial charge in [0.2, 0.25) is 5.91 Å². The van der Waals surface area contributed by atoms with Crippen LogP contribution in [-0.4, -0.2) is 34.7 Å². The zero-order valence-electron chi connectivity index (χ0n) is 16.6. The van der Waals surface area contributed by atoms with Crippen molar-refractivity contribution in [2.24, 2.45) is 0 Å². The molecule has 0 radical (unpaired) electrons. The third-order valence-corrected chi connectivity index (χ3v) is 5.41. The summed E-state index contributed by atoms with van der Waals surface area (Å²) in [5.74, 6) is -0.199. The molecule has 0 fully saturated rings. The van der Waals surface area contributed by atoms with Crippen molar-refractivity contribution in [2.75, 3.05) is 7.05 Å². The summed E-state index contributed by atoms with van der Waals surface area (Å²) in [4.78, 5) is 29.7. The van der Waals surface area contributed by atoms with E-state index in [-0.39, 0.29) is 17.6 Å². The topological polar surface area (TPSA) is 77.5 Å². The first kappa shape index (κ1) is 19.5. The Bertz CT molecular complexity index is 1100. The van der Waals surface area contributed by atoms with Gasteiger partial charge < -0.3 is 14.2 Å².